The fraction of sp³-hybridized carbons (Fsp3) is 0.812. The van der Waals surface area contributed by atoms with E-state index in [1.165, 1.54) is 25.7 Å². The van der Waals surface area contributed by atoms with Crippen LogP contribution in [-0.4, -0.2) is 58.4 Å². The Hall–Kier alpha value is -1.24. The summed E-state index contributed by atoms with van der Waals surface area (Å²) >= 11 is 1.67. The molecule has 6 nitrogen and oxygen atoms in total. The predicted octanol–water partition coefficient (Wildman–Crippen LogP) is 1.49. The lowest BCUT2D eigenvalue weighted by molar-refractivity contribution is -0.140. The monoisotopic (exact) mass is 342 g/mol. The van der Waals surface area contributed by atoms with Crippen LogP contribution in [0.2, 0.25) is 0 Å². The molecule has 0 aromatic carbocycles. The van der Waals surface area contributed by atoms with Crippen LogP contribution in [0.4, 0.5) is 0 Å². The molecule has 1 saturated heterocycles. The number of carbonyl (C=O) groups excluding carboxylic acids is 2. The van der Waals surface area contributed by atoms with E-state index in [0.29, 0.717) is 24.6 Å². The summed E-state index contributed by atoms with van der Waals surface area (Å²) in [5.74, 6) is 0.981. The van der Waals surface area contributed by atoms with Crippen LogP contribution in [0, 0.1) is 5.92 Å². The molecule has 2 rings (SSSR count). The molecule has 2 fully saturated rings. The zero-order chi connectivity index (χ0) is 16.7. The van der Waals surface area contributed by atoms with Gasteiger partial charge in [0.1, 0.15) is 0 Å². The van der Waals surface area contributed by atoms with Gasteiger partial charge in [-0.2, -0.15) is 11.8 Å². The van der Waals surface area contributed by atoms with E-state index < -0.39 is 5.97 Å². The zero-order valence-corrected chi connectivity index (χ0v) is 14.3. The fourth-order valence-corrected chi connectivity index (χ4v) is 4.41. The van der Waals surface area contributed by atoms with Gasteiger partial charge in [0.05, 0.1) is 19.0 Å². The third-order valence-corrected chi connectivity index (χ3v) is 5.74. The van der Waals surface area contributed by atoms with E-state index in [0.717, 1.165) is 12.2 Å². The maximum Gasteiger partial charge on any atom is 0.305 e. The number of carbonyl (C=O) groups is 3. The van der Waals surface area contributed by atoms with Crippen LogP contribution in [0.5, 0.6) is 0 Å². The summed E-state index contributed by atoms with van der Waals surface area (Å²) in [6, 6.07) is -0.269. The Labute approximate surface area is 141 Å². The minimum atomic E-state index is -0.893. The van der Waals surface area contributed by atoms with Crippen molar-refractivity contribution in [3.63, 3.8) is 0 Å². The first-order chi connectivity index (χ1) is 11.1. The molecule has 1 aliphatic heterocycles. The average Bonchev–Trinajstić information content (AvgIpc) is 3.04. The highest BCUT2D eigenvalue weighted by atomic mass is 32.2. The molecule has 23 heavy (non-hydrogen) atoms. The van der Waals surface area contributed by atoms with Crippen molar-refractivity contribution in [2.45, 2.75) is 51.0 Å². The number of hydrogen-bond acceptors (Lipinski definition) is 4. The highest BCUT2D eigenvalue weighted by molar-refractivity contribution is 7.99. The van der Waals surface area contributed by atoms with Gasteiger partial charge in [-0.25, -0.2) is 0 Å². The van der Waals surface area contributed by atoms with E-state index >= 15 is 0 Å². The molecular formula is C16H26N2O4S. The van der Waals surface area contributed by atoms with Crippen molar-refractivity contribution in [3.05, 3.63) is 0 Å². The lowest BCUT2D eigenvalue weighted by Gasteiger charge is -2.34. The molecule has 0 radical (unpaired) electrons. The van der Waals surface area contributed by atoms with Crippen LogP contribution in [-0.2, 0) is 14.4 Å². The molecule has 1 saturated carbocycles. The second-order valence-corrected chi connectivity index (χ2v) is 7.53. The summed E-state index contributed by atoms with van der Waals surface area (Å²) in [6.45, 7) is 0.531. The number of thioether (sulfide) groups is 1. The number of rotatable bonds is 7. The Morgan fingerprint density at radius 3 is 2.65 bits per heavy atom. The number of nitrogens with zero attached hydrogens (tertiary/aromatic N) is 1. The van der Waals surface area contributed by atoms with Crippen molar-refractivity contribution in [2.24, 2.45) is 5.92 Å². The highest BCUT2D eigenvalue weighted by Gasteiger charge is 2.28. The molecule has 7 heteroatoms. The summed E-state index contributed by atoms with van der Waals surface area (Å²) in [4.78, 5) is 36.6. The van der Waals surface area contributed by atoms with Gasteiger partial charge in [-0.15, -0.1) is 0 Å². The molecule has 1 heterocycles. The van der Waals surface area contributed by atoms with E-state index in [-0.39, 0.29) is 30.8 Å². The van der Waals surface area contributed by atoms with E-state index in [4.69, 9.17) is 5.11 Å². The normalized spacial score (nSPS) is 22.1. The minimum Gasteiger partial charge on any atom is -0.481 e. The SMILES string of the molecule is O=C(O)CC1CSCCN1C(=O)CNC(=O)CCC1CCCC1. The van der Waals surface area contributed by atoms with Crippen LogP contribution in [0.3, 0.4) is 0 Å². The first kappa shape index (κ1) is 18.1. The van der Waals surface area contributed by atoms with Crippen molar-refractivity contribution in [2.75, 3.05) is 24.6 Å². The predicted molar refractivity (Wildman–Crippen MR) is 89.3 cm³/mol. The lowest BCUT2D eigenvalue weighted by atomic mass is 10.0. The maximum absolute atomic E-state index is 12.3. The molecule has 0 bridgehead atoms. The van der Waals surface area contributed by atoms with Crippen LogP contribution < -0.4 is 5.32 Å². The van der Waals surface area contributed by atoms with Gasteiger partial charge in [0.2, 0.25) is 11.8 Å². The Morgan fingerprint density at radius 1 is 1.22 bits per heavy atom. The van der Waals surface area contributed by atoms with Gasteiger partial charge in [-0.1, -0.05) is 25.7 Å². The van der Waals surface area contributed by atoms with Gasteiger partial charge >= 0.3 is 5.97 Å². The molecule has 1 unspecified atom stereocenters. The number of hydrogen-bond donors (Lipinski definition) is 2. The standard InChI is InChI=1S/C16H26N2O4S/c19-14(6-5-12-3-1-2-4-12)17-10-15(20)18-7-8-23-11-13(18)9-16(21)22/h12-13H,1-11H2,(H,17,19)(H,21,22). The smallest absolute Gasteiger partial charge is 0.305 e. The van der Waals surface area contributed by atoms with Crippen LogP contribution in [0.1, 0.15) is 44.9 Å². The molecule has 1 aliphatic carbocycles. The van der Waals surface area contributed by atoms with E-state index in [1.54, 1.807) is 16.7 Å². The summed E-state index contributed by atoms with van der Waals surface area (Å²) < 4.78 is 0. The Kier molecular flexibility index (Phi) is 7.20. The van der Waals surface area contributed by atoms with Crippen molar-refractivity contribution < 1.29 is 19.5 Å². The van der Waals surface area contributed by atoms with Gasteiger partial charge in [0, 0.05) is 24.5 Å². The van der Waals surface area contributed by atoms with E-state index in [9.17, 15) is 14.4 Å². The number of amides is 2. The quantitative estimate of drug-likeness (QED) is 0.732. The lowest BCUT2D eigenvalue weighted by Crippen LogP contribution is -2.50. The molecule has 2 aliphatic rings. The highest BCUT2D eigenvalue weighted by Crippen LogP contribution is 2.28. The van der Waals surface area contributed by atoms with Gasteiger partial charge in [-0.05, 0) is 12.3 Å². The van der Waals surface area contributed by atoms with E-state index in [1.807, 2.05) is 0 Å². The van der Waals surface area contributed by atoms with Crippen molar-refractivity contribution in [3.8, 4) is 0 Å². The van der Waals surface area contributed by atoms with Crippen LogP contribution in [0.25, 0.3) is 0 Å². The van der Waals surface area contributed by atoms with Gasteiger partial charge in [0.25, 0.3) is 0 Å². The average molecular weight is 342 g/mol. The topological polar surface area (TPSA) is 86.7 Å². The second kappa shape index (κ2) is 9.15. The molecule has 2 N–H and O–H groups in total. The van der Waals surface area contributed by atoms with E-state index in [2.05, 4.69) is 5.32 Å². The third kappa shape index (κ3) is 6.05. The molecule has 2 amide bonds. The second-order valence-electron chi connectivity index (χ2n) is 6.38. The minimum absolute atomic E-state index is 0.0235. The first-order valence-electron chi connectivity index (χ1n) is 8.42. The summed E-state index contributed by atoms with van der Waals surface area (Å²) in [6.07, 6.45) is 6.32. The first-order valence-corrected chi connectivity index (χ1v) is 9.57. The summed E-state index contributed by atoms with van der Waals surface area (Å²) in [5.41, 5.74) is 0. The summed E-state index contributed by atoms with van der Waals surface area (Å²) in [5, 5.41) is 11.6. The summed E-state index contributed by atoms with van der Waals surface area (Å²) in [7, 11) is 0. The molecule has 0 spiro atoms. The molecule has 130 valence electrons. The largest absolute Gasteiger partial charge is 0.481 e. The van der Waals surface area contributed by atoms with Crippen LogP contribution in [0.15, 0.2) is 0 Å². The molecule has 1 atom stereocenters. The zero-order valence-electron chi connectivity index (χ0n) is 13.5. The van der Waals surface area contributed by atoms with Crippen molar-refractivity contribution in [1.29, 1.82) is 0 Å². The van der Waals surface area contributed by atoms with Crippen molar-refractivity contribution >= 4 is 29.5 Å². The fourth-order valence-electron chi connectivity index (χ4n) is 3.35. The maximum atomic E-state index is 12.3. The van der Waals surface area contributed by atoms with Gasteiger partial charge < -0.3 is 15.3 Å². The van der Waals surface area contributed by atoms with Crippen LogP contribution >= 0.6 is 11.8 Å². The number of carboxylic acid groups (broad SMARTS) is 1. The Bertz CT molecular complexity index is 438. The molecular weight excluding hydrogens is 316 g/mol. The van der Waals surface area contributed by atoms with Gasteiger partial charge in [-0.3, -0.25) is 14.4 Å². The molecule has 0 aromatic rings. The number of aliphatic carboxylic acids is 1. The number of carboxylic acids is 1. The van der Waals surface area contributed by atoms with Crippen molar-refractivity contribution in [1.82, 2.24) is 10.2 Å². The Morgan fingerprint density at radius 2 is 1.96 bits per heavy atom. The Balaban J connectivity index is 1.71. The van der Waals surface area contributed by atoms with Gasteiger partial charge in [0.15, 0.2) is 0 Å². The number of nitrogens with one attached hydrogen (secondary N) is 1. The molecule has 0 aromatic heterocycles. The third-order valence-electron chi connectivity index (χ3n) is 4.65.